The van der Waals surface area contributed by atoms with Gasteiger partial charge in [-0.1, -0.05) is 35.5 Å². The van der Waals surface area contributed by atoms with E-state index in [1.807, 2.05) is 13.0 Å². The SMILES string of the molecule is CC(=O)c1ccccc1NC(=O)CSc1n[nH]c(COc2ccc(Cl)c(C)c2)n1. The molecule has 0 unspecified atom stereocenters. The van der Waals surface area contributed by atoms with Crippen LogP contribution in [-0.2, 0) is 11.4 Å². The second-order valence-corrected chi connectivity index (χ2v) is 7.55. The van der Waals surface area contributed by atoms with Crippen molar-refractivity contribution >= 4 is 40.7 Å². The van der Waals surface area contributed by atoms with E-state index in [1.54, 1.807) is 36.4 Å². The third-order valence-electron chi connectivity index (χ3n) is 3.93. The van der Waals surface area contributed by atoms with E-state index in [2.05, 4.69) is 20.5 Å². The quantitative estimate of drug-likeness (QED) is 0.409. The summed E-state index contributed by atoms with van der Waals surface area (Å²) in [5, 5.41) is 10.7. The fourth-order valence-corrected chi connectivity index (χ4v) is 3.22. The van der Waals surface area contributed by atoms with Crippen LogP contribution in [0.2, 0.25) is 5.02 Å². The van der Waals surface area contributed by atoms with Crippen LogP contribution < -0.4 is 10.1 Å². The van der Waals surface area contributed by atoms with Gasteiger partial charge in [0, 0.05) is 10.6 Å². The number of para-hydroxylation sites is 1. The number of carbonyl (C=O) groups is 2. The molecular formula is C20H19ClN4O3S. The molecule has 3 rings (SSSR count). The van der Waals surface area contributed by atoms with Crippen LogP contribution in [-0.4, -0.2) is 32.6 Å². The Morgan fingerprint density at radius 3 is 2.79 bits per heavy atom. The number of carbonyl (C=O) groups excluding carboxylic acids is 2. The predicted octanol–water partition coefficient (Wildman–Crippen LogP) is 4.28. The summed E-state index contributed by atoms with van der Waals surface area (Å²) in [4.78, 5) is 28.1. The molecule has 1 amide bonds. The number of ether oxygens (including phenoxy) is 1. The number of hydrogen-bond acceptors (Lipinski definition) is 6. The fraction of sp³-hybridized carbons (Fsp3) is 0.200. The molecule has 1 heterocycles. The first kappa shape index (κ1) is 20.9. The predicted molar refractivity (Wildman–Crippen MR) is 113 cm³/mol. The lowest BCUT2D eigenvalue weighted by atomic mass is 10.1. The summed E-state index contributed by atoms with van der Waals surface area (Å²) < 4.78 is 5.67. The number of thioether (sulfide) groups is 1. The summed E-state index contributed by atoms with van der Waals surface area (Å²) in [6.45, 7) is 3.58. The van der Waals surface area contributed by atoms with Gasteiger partial charge in [0.2, 0.25) is 11.1 Å². The molecule has 0 spiro atoms. The molecule has 2 N–H and O–H groups in total. The Kier molecular flexibility index (Phi) is 6.90. The molecule has 2 aromatic carbocycles. The maximum Gasteiger partial charge on any atom is 0.234 e. The van der Waals surface area contributed by atoms with Gasteiger partial charge >= 0.3 is 0 Å². The number of ketones is 1. The Hall–Kier alpha value is -2.84. The van der Waals surface area contributed by atoms with Gasteiger partial charge in [-0.15, -0.1) is 5.10 Å². The van der Waals surface area contributed by atoms with Crippen LogP contribution >= 0.6 is 23.4 Å². The number of aromatic nitrogens is 3. The first-order valence-electron chi connectivity index (χ1n) is 8.75. The molecule has 7 nitrogen and oxygen atoms in total. The van der Waals surface area contributed by atoms with Crippen LogP contribution in [0.15, 0.2) is 47.6 Å². The number of hydrogen-bond donors (Lipinski definition) is 2. The molecule has 9 heteroatoms. The standard InChI is InChI=1S/C20H19ClN4O3S/c1-12-9-14(7-8-16(12)21)28-10-18-23-20(25-24-18)29-11-19(27)22-17-6-4-3-5-15(17)13(2)26/h3-9H,10-11H2,1-2H3,(H,22,27)(H,23,24,25). The molecule has 0 atom stereocenters. The van der Waals surface area contributed by atoms with E-state index in [9.17, 15) is 9.59 Å². The van der Waals surface area contributed by atoms with Crippen molar-refractivity contribution in [3.63, 3.8) is 0 Å². The van der Waals surface area contributed by atoms with E-state index in [0.717, 1.165) is 5.56 Å². The minimum atomic E-state index is -0.247. The van der Waals surface area contributed by atoms with Gasteiger partial charge in [0.15, 0.2) is 11.6 Å². The van der Waals surface area contributed by atoms with Crippen molar-refractivity contribution in [2.45, 2.75) is 25.6 Å². The van der Waals surface area contributed by atoms with Crippen LogP contribution in [0.1, 0.15) is 28.7 Å². The highest BCUT2D eigenvalue weighted by atomic mass is 35.5. The lowest BCUT2D eigenvalue weighted by Gasteiger charge is -2.08. The van der Waals surface area contributed by atoms with Crippen molar-refractivity contribution < 1.29 is 14.3 Å². The maximum atomic E-state index is 12.2. The van der Waals surface area contributed by atoms with Gasteiger partial charge in [-0.3, -0.25) is 14.7 Å². The minimum absolute atomic E-state index is 0.108. The van der Waals surface area contributed by atoms with Crippen molar-refractivity contribution in [3.05, 3.63) is 64.4 Å². The molecule has 0 bridgehead atoms. The number of Topliss-reactive ketones (excluding diaryl/α,β-unsaturated/α-hetero) is 1. The van der Waals surface area contributed by atoms with Crippen molar-refractivity contribution in [1.82, 2.24) is 15.2 Å². The van der Waals surface area contributed by atoms with Gasteiger partial charge < -0.3 is 10.1 Å². The molecule has 0 fully saturated rings. The second-order valence-electron chi connectivity index (χ2n) is 6.20. The van der Waals surface area contributed by atoms with Gasteiger partial charge in [-0.2, -0.15) is 0 Å². The smallest absolute Gasteiger partial charge is 0.234 e. The van der Waals surface area contributed by atoms with Gasteiger partial charge in [0.25, 0.3) is 0 Å². The number of aromatic amines is 1. The fourth-order valence-electron chi connectivity index (χ4n) is 2.48. The Balaban J connectivity index is 1.50. The Morgan fingerprint density at radius 2 is 2.03 bits per heavy atom. The first-order valence-corrected chi connectivity index (χ1v) is 10.1. The number of amides is 1. The van der Waals surface area contributed by atoms with Crippen molar-refractivity contribution in [2.75, 3.05) is 11.1 Å². The lowest BCUT2D eigenvalue weighted by molar-refractivity contribution is -0.113. The van der Waals surface area contributed by atoms with E-state index in [4.69, 9.17) is 16.3 Å². The third-order valence-corrected chi connectivity index (χ3v) is 5.20. The number of halogens is 1. The van der Waals surface area contributed by atoms with Gasteiger partial charge in [-0.05, 0) is 49.7 Å². The molecule has 0 aliphatic carbocycles. The number of nitrogens with one attached hydrogen (secondary N) is 2. The Bertz CT molecular complexity index is 1040. The van der Waals surface area contributed by atoms with Gasteiger partial charge in [0.1, 0.15) is 12.4 Å². The van der Waals surface area contributed by atoms with E-state index >= 15 is 0 Å². The molecule has 150 valence electrons. The average molecular weight is 431 g/mol. The number of anilines is 1. The van der Waals surface area contributed by atoms with Gasteiger partial charge in [-0.25, -0.2) is 4.98 Å². The zero-order chi connectivity index (χ0) is 20.8. The molecule has 3 aromatic rings. The number of H-pyrrole nitrogens is 1. The molecule has 0 saturated carbocycles. The van der Waals surface area contributed by atoms with Crippen LogP contribution in [0.5, 0.6) is 5.75 Å². The number of nitrogens with zero attached hydrogens (tertiary/aromatic N) is 2. The minimum Gasteiger partial charge on any atom is -0.486 e. The average Bonchev–Trinajstić information content (AvgIpc) is 3.15. The number of rotatable bonds is 8. The highest BCUT2D eigenvalue weighted by Gasteiger charge is 2.12. The molecular weight excluding hydrogens is 412 g/mol. The number of benzene rings is 2. The van der Waals surface area contributed by atoms with E-state index in [0.29, 0.717) is 33.0 Å². The molecule has 1 aromatic heterocycles. The molecule has 0 saturated heterocycles. The summed E-state index contributed by atoms with van der Waals surface area (Å²) in [7, 11) is 0. The monoisotopic (exact) mass is 430 g/mol. The van der Waals surface area contributed by atoms with Crippen molar-refractivity contribution in [1.29, 1.82) is 0 Å². The van der Waals surface area contributed by atoms with Crippen molar-refractivity contribution in [3.8, 4) is 5.75 Å². The molecule has 0 radical (unpaired) electrons. The highest BCUT2D eigenvalue weighted by Crippen LogP contribution is 2.22. The summed E-state index contributed by atoms with van der Waals surface area (Å²) in [6.07, 6.45) is 0. The maximum absolute atomic E-state index is 12.2. The van der Waals surface area contributed by atoms with Gasteiger partial charge in [0.05, 0.1) is 11.4 Å². The summed E-state index contributed by atoms with van der Waals surface area (Å²) in [6, 6.07) is 12.3. The normalized spacial score (nSPS) is 10.6. The largest absolute Gasteiger partial charge is 0.486 e. The zero-order valence-corrected chi connectivity index (χ0v) is 17.4. The summed E-state index contributed by atoms with van der Waals surface area (Å²) in [5.74, 6) is 0.982. The molecule has 0 aliphatic rings. The number of aryl methyl sites for hydroxylation is 1. The molecule has 29 heavy (non-hydrogen) atoms. The molecule has 0 aliphatic heterocycles. The van der Waals surface area contributed by atoms with Crippen LogP contribution in [0, 0.1) is 6.92 Å². The van der Waals surface area contributed by atoms with Crippen molar-refractivity contribution in [2.24, 2.45) is 0 Å². The second kappa shape index (κ2) is 9.58. The highest BCUT2D eigenvalue weighted by molar-refractivity contribution is 7.99. The summed E-state index contributed by atoms with van der Waals surface area (Å²) >= 11 is 7.19. The van der Waals surface area contributed by atoms with Crippen LogP contribution in [0.4, 0.5) is 5.69 Å². The lowest BCUT2D eigenvalue weighted by Crippen LogP contribution is -2.16. The van der Waals surface area contributed by atoms with Crippen LogP contribution in [0.25, 0.3) is 0 Å². The Morgan fingerprint density at radius 1 is 1.24 bits per heavy atom. The van der Waals surface area contributed by atoms with E-state index in [-0.39, 0.29) is 24.1 Å². The Labute approximate surface area is 177 Å². The topological polar surface area (TPSA) is 97.0 Å². The third kappa shape index (κ3) is 5.82. The van der Waals surface area contributed by atoms with Crippen LogP contribution in [0.3, 0.4) is 0 Å². The first-order chi connectivity index (χ1) is 13.9. The van der Waals surface area contributed by atoms with E-state index < -0.39 is 0 Å². The summed E-state index contributed by atoms with van der Waals surface area (Å²) in [5.41, 5.74) is 1.89. The zero-order valence-electron chi connectivity index (χ0n) is 15.9. The van der Waals surface area contributed by atoms with E-state index in [1.165, 1.54) is 18.7 Å².